The van der Waals surface area contributed by atoms with E-state index in [9.17, 15) is 14.7 Å². The molecule has 3 aromatic rings. The molecular formula is C27H31FN8O3. The first kappa shape index (κ1) is 25.4. The van der Waals surface area contributed by atoms with Gasteiger partial charge >= 0.3 is 6.03 Å². The van der Waals surface area contributed by atoms with Crippen LogP contribution in [0.3, 0.4) is 0 Å². The number of aliphatic hydroxyl groups is 1. The lowest BCUT2D eigenvalue weighted by molar-refractivity contribution is 0.0560. The number of anilines is 3. The molecule has 1 saturated carbocycles. The van der Waals surface area contributed by atoms with Crippen molar-refractivity contribution < 1.29 is 19.1 Å². The van der Waals surface area contributed by atoms with E-state index in [0.29, 0.717) is 67.0 Å². The van der Waals surface area contributed by atoms with Gasteiger partial charge < -0.3 is 20.6 Å². The number of benzene rings is 1. The van der Waals surface area contributed by atoms with E-state index in [1.807, 2.05) is 19.9 Å². The van der Waals surface area contributed by atoms with Gasteiger partial charge in [0.25, 0.3) is 5.91 Å². The zero-order valence-corrected chi connectivity index (χ0v) is 21.9. The number of aromatic nitrogens is 3. The highest BCUT2D eigenvalue weighted by atomic mass is 19.1. The van der Waals surface area contributed by atoms with Crippen molar-refractivity contribution in [3.05, 3.63) is 47.3 Å². The minimum absolute atomic E-state index is 0.00511. The van der Waals surface area contributed by atoms with Gasteiger partial charge in [-0.25, -0.2) is 24.1 Å². The first-order chi connectivity index (χ1) is 18.8. The number of pyridine rings is 1. The summed E-state index contributed by atoms with van der Waals surface area (Å²) in [6, 6.07) is 5.02. The molecule has 2 fully saturated rings. The van der Waals surface area contributed by atoms with E-state index in [0.717, 1.165) is 24.5 Å². The standard InChI is InChI=1S/C27H31FN8O3/c1-3-36-25-22-20(29-14-30-25)10-16(23(28)24(22)33-27(36)39)13-34-6-8-35(9-7-34)21-5-4-19(31-15(21)2)26(38)32-17-11-18(37)12-17/h4-5,10,14,17-18,37H,3,6-9,11-13H2,1-2H3,(H,32,38)(H,33,39). The van der Waals surface area contributed by atoms with Gasteiger partial charge in [0.05, 0.1) is 34.1 Å². The van der Waals surface area contributed by atoms with Crippen LogP contribution in [0.4, 0.5) is 26.4 Å². The molecule has 2 aromatic heterocycles. The highest BCUT2D eigenvalue weighted by molar-refractivity contribution is 6.17. The van der Waals surface area contributed by atoms with Gasteiger partial charge in [0.15, 0.2) is 5.82 Å². The number of hydrogen-bond acceptors (Lipinski definition) is 8. The van der Waals surface area contributed by atoms with Crippen LogP contribution in [-0.4, -0.2) is 81.8 Å². The Morgan fingerprint density at radius 2 is 1.97 bits per heavy atom. The summed E-state index contributed by atoms with van der Waals surface area (Å²) in [5.41, 5.74) is 3.34. The maximum atomic E-state index is 15.6. The van der Waals surface area contributed by atoms with E-state index in [4.69, 9.17) is 0 Å². The van der Waals surface area contributed by atoms with Crippen LogP contribution >= 0.6 is 0 Å². The number of carbonyl (C=O) groups excluding carboxylic acids is 2. The number of nitrogens with one attached hydrogen (secondary N) is 2. The fourth-order valence-electron chi connectivity index (χ4n) is 5.61. The zero-order valence-electron chi connectivity index (χ0n) is 21.9. The van der Waals surface area contributed by atoms with Crippen LogP contribution in [0.5, 0.6) is 0 Å². The van der Waals surface area contributed by atoms with Crippen molar-refractivity contribution in [3.63, 3.8) is 0 Å². The first-order valence-electron chi connectivity index (χ1n) is 13.3. The lowest BCUT2D eigenvalue weighted by atomic mass is 9.89. The number of aliphatic hydroxyl groups excluding tert-OH is 1. The minimum atomic E-state index is -0.449. The highest BCUT2D eigenvalue weighted by Gasteiger charge is 2.31. The molecule has 12 heteroatoms. The summed E-state index contributed by atoms with van der Waals surface area (Å²) in [5, 5.41) is 15.6. The van der Waals surface area contributed by atoms with Gasteiger partial charge in [-0.2, -0.15) is 0 Å². The Morgan fingerprint density at radius 3 is 2.67 bits per heavy atom. The quantitative estimate of drug-likeness (QED) is 0.440. The molecule has 3 N–H and O–H groups in total. The van der Waals surface area contributed by atoms with E-state index in [1.165, 1.54) is 11.2 Å². The number of hydrogen-bond donors (Lipinski definition) is 3. The number of piperazine rings is 1. The second-order valence-electron chi connectivity index (χ2n) is 10.4. The second kappa shape index (κ2) is 10.0. The molecule has 3 amide bonds. The summed E-state index contributed by atoms with van der Waals surface area (Å²) in [6.45, 7) is 7.42. The van der Waals surface area contributed by atoms with Crippen LogP contribution in [0, 0.1) is 12.7 Å². The predicted molar refractivity (Wildman–Crippen MR) is 144 cm³/mol. The lowest BCUT2D eigenvalue weighted by Gasteiger charge is -2.37. The first-order valence-corrected chi connectivity index (χ1v) is 13.3. The molecule has 11 nitrogen and oxygen atoms in total. The van der Waals surface area contributed by atoms with E-state index < -0.39 is 11.8 Å². The van der Waals surface area contributed by atoms with Gasteiger partial charge in [-0.05, 0) is 44.9 Å². The van der Waals surface area contributed by atoms with Crippen molar-refractivity contribution in [2.75, 3.05) is 47.8 Å². The van der Waals surface area contributed by atoms with Crippen molar-refractivity contribution in [3.8, 4) is 0 Å². The molecule has 0 spiro atoms. The fourth-order valence-corrected chi connectivity index (χ4v) is 5.61. The maximum Gasteiger partial charge on any atom is 0.327 e. The monoisotopic (exact) mass is 534 g/mol. The average molecular weight is 535 g/mol. The highest BCUT2D eigenvalue weighted by Crippen LogP contribution is 2.38. The third kappa shape index (κ3) is 4.63. The van der Waals surface area contributed by atoms with Crippen LogP contribution in [0.1, 0.15) is 41.5 Å². The van der Waals surface area contributed by atoms with Crippen molar-refractivity contribution in [2.45, 2.75) is 45.4 Å². The van der Waals surface area contributed by atoms with Crippen LogP contribution < -0.4 is 20.4 Å². The van der Waals surface area contributed by atoms with Crippen molar-refractivity contribution in [1.82, 2.24) is 25.2 Å². The summed E-state index contributed by atoms with van der Waals surface area (Å²) in [5.74, 6) is -0.246. The Hall–Kier alpha value is -3.90. The Balaban J connectivity index is 1.13. The molecule has 3 aliphatic rings. The summed E-state index contributed by atoms with van der Waals surface area (Å²) in [7, 11) is 0. The zero-order chi connectivity index (χ0) is 27.3. The average Bonchev–Trinajstić information content (AvgIpc) is 2.91. The molecule has 1 aromatic carbocycles. The van der Waals surface area contributed by atoms with Crippen LogP contribution in [-0.2, 0) is 6.54 Å². The number of nitrogens with zero attached hydrogens (tertiary/aromatic N) is 6. The lowest BCUT2D eigenvalue weighted by Crippen LogP contribution is -2.47. The third-order valence-corrected chi connectivity index (χ3v) is 7.81. The molecule has 0 unspecified atom stereocenters. The number of aryl methyl sites for hydroxylation is 1. The molecular weight excluding hydrogens is 503 g/mol. The van der Waals surface area contributed by atoms with E-state index in [-0.39, 0.29) is 23.7 Å². The Bertz CT molecular complexity index is 1450. The number of amides is 3. The number of halogens is 1. The molecule has 1 aliphatic carbocycles. The molecule has 0 bridgehead atoms. The Kier molecular flexibility index (Phi) is 6.51. The molecule has 1 saturated heterocycles. The molecule has 6 rings (SSSR count). The number of carbonyl (C=O) groups is 2. The summed E-state index contributed by atoms with van der Waals surface area (Å²) in [6.07, 6.45) is 2.24. The molecule has 2 aliphatic heterocycles. The summed E-state index contributed by atoms with van der Waals surface area (Å²) in [4.78, 5) is 44.0. The second-order valence-corrected chi connectivity index (χ2v) is 10.4. The Morgan fingerprint density at radius 1 is 1.21 bits per heavy atom. The summed E-state index contributed by atoms with van der Waals surface area (Å²) < 4.78 is 15.6. The van der Waals surface area contributed by atoms with E-state index in [2.05, 4.69) is 35.4 Å². The van der Waals surface area contributed by atoms with Gasteiger partial charge in [0.1, 0.15) is 17.8 Å². The topological polar surface area (TPSA) is 127 Å². The molecule has 4 heterocycles. The SMILES string of the molecule is CCN1C(=O)Nc2c(F)c(CN3CCN(c4ccc(C(=O)NC5CC(O)C5)nc4C)CC3)cc3ncnc1c23. The van der Waals surface area contributed by atoms with Gasteiger partial charge in [-0.3, -0.25) is 14.6 Å². The normalized spacial score (nSPS) is 21.1. The number of urea groups is 1. The number of rotatable bonds is 6. The van der Waals surface area contributed by atoms with Gasteiger partial charge in [-0.1, -0.05) is 0 Å². The third-order valence-electron chi connectivity index (χ3n) is 7.81. The predicted octanol–water partition coefficient (Wildman–Crippen LogP) is 2.42. The molecule has 39 heavy (non-hydrogen) atoms. The fraction of sp³-hybridized carbons (Fsp3) is 0.444. The van der Waals surface area contributed by atoms with Crippen molar-refractivity contribution in [1.29, 1.82) is 0 Å². The summed E-state index contributed by atoms with van der Waals surface area (Å²) >= 11 is 0. The van der Waals surface area contributed by atoms with Crippen LogP contribution in [0.2, 0.25) is 0 Å². The molecule has 0 radical (unpaired) electrons. The van der Waals surface area contributed by atoms with Crippen LogP contribution in [0.25, 0.3) is 10.9 Å². The minimum Gasteiger partial charge on any atom is -0.393 e. The largest absolute Gasteiger partial charge is 0.393 e. The molecule has 204 valence electrons. The van der Waals surface area contributed by atoms with Crippen molar-refractivity contribution >= 4 is 40.0 Å². The molecule has 0 atom stereocenters. The van der Waals surface area contributed by atoms with Gasteiger partial charge in [0, 0.05) is 50.9 Å². The van der Waals surface area contributed by atoms with Gasteiger partial charge in [-0.15, -0.1) is 0 Å². The smallest absolute Gasteiger partial charge is 0.327 e. The Labute approximate surface area is 225 Å². The van der Waals surface area contributed by atoms with Gasteiger partial charge in [0.2, 0.25) is 0 Å². The maximum absolute atomic E-state index is 15.6. The van der Waals surface area contributed by atoms with E-state index >= 15 is 4.39 Å². The van der Waals surface area contributed by atoms with Crippen molar-refractivity contribution in [2.24, 2.45) is 0 Å². The van der Waals surface area contributed by atoms with Crippen LogP contribution in [0.15, 0.2) is 24.5 Å². The van der Waals surface area contributed by atoms with E-state index in [1.54, 1.807) is 12.1 Å².